The maximum atomic E-state index is 12.5. The molecule has 2 aliphatic rings. The second kappa shape index (κ2) is 7.43. The van der Waals surface area contributed by atoms with E-state index in [1.165, 1.54) is 6.42 Å². The number of carbonyl (C=O) groups is 1. The first-order chi connectivity index (χ1) is 9.20. The van der Waals surface area contributed by atoms with Crippen LogP contribution in [0.4, 0.5) is 0 Å². The van der Waals surface area contributed by atoms with E-state index >= 15 is 0 Å². The maximum absolute atomic E-state index is 12.5. The Balaban J connectivity index is 0.00000110. The van der Waals surface area contributed by atoms with E-state index in [0.717, 1.165) is 44.6 Å². The molecule has 1 N–H and O–H groups in total. The van der Waals surface area contributed by atoms with Crippen LogP contribution in [0.2, 0.25) is 0 Å². The first-order valence-corrected chi connectivity index (χ1v) is 7.12. The third-order valence-corrected chi connectivity index (χ3v) is 4.66. The van der Waals surface area contributed by atoms with E-state index in [9.17, 15) is 4.79 Å². The average molecular weight is 332 g/mol. The van der Waals surface area contributed by atoms with Crippen molar-refractivity contribution >= 4 is 30.7 Å². The molecule has 0 bridgehead atoms. The number of amides is 1. The van der Waals surface area contributed by atoms with Crippen molar-refractivity contribution < 1.29 is 4.79 Å². The zero-order chi connectivity index (χ0) is 13.3. The van der Waals surface area contributed by atoms with Gasteiger partial charge in [0.1, 0.15) is 5.69 Å². The SMILES string of the molecule is Cc1cccnc1C(=O)N1CCC2(CCNC2)CC1.Cl.Cl. The third-order valence-electron chi connectivity index (χ3n) is 4.66. The molecule has 118 valence electrons. The summed E-state index contributed by atoms with van der Waals surface area (Å²) in [5.41, 5.74) is 2.04. The highest BCUT2D eigenvalue weighted by Crippen LogP contribution is 2.37. The van der Waals surface area contributed by atoms with Crippen LogP contribution in [-0.4, -0.2) is 42.0 Å². The second-order valence-electron chi connectivity index (χ2n) is 5.89. The predicted octanol–water partition coefficient (Wildman–Crippen LogP) is 2.45. The Morgan fingerprint density at radius 2 is 2.00 bits per heavy atom. The molecule has 0 unspecified atom stereocenters. The summed E-state index contributed by atoms with van der Waals surface area (Å²) in [6, 6.07) is 3.83. The summed E-state index contributed by atoms with van der Waals surface area (Å²) in [4.78, 5) is 18.7. The Morgan fingerprint density at radius 1 is 1.29 bits per heavy atom. The molecule has 2 saturated heterocycles. The fraction of sp³-hybridized carbons (Fsp3) is 0.600. The lowest BCUT2D eigenvalue weighted by Gasteiger charge is -2.38. The van der Waals surface area contributed by atoms with Crippen molar-refractivity contribution in [2.45, 2.75) is 26.2 Å². The van der Waals surface area contributed by atoms with Crippen molar-refractivity contribution in [3.8, 4) is 0 Å². The molecule has 1 spiro atoms. The maximum Gasteiger partial charge on any atom is 0.272 e. The lowest BCUT2D eigenvalue weighted by atomic mass is 9.78. The fourth-order valence-corrected chi connectivity index (χ4v) is 3.27. The number of aryl methyl sites for hydroxylation is 1. The van der Waals surface area contributed by atoms with Crippen LogP contribution < -0.4 is 5.32 Å². The van der Waals surface area contributed by atoms with Gasteiger partial charge < -0.3 is 10.2 Å². The Hall–Kier alpha value is -0.840. The number of nitrogens with one attached hydrogen (secondary N) is 1. The molecule has 1 aromatic rings. The molecule has 21 heavy (non-hydrogen) atoms. The minimum absolute atomic E-state index is 0. The quantitative estimate of drug-likeness (QED) is 0.859. The molecule has 1 amide bonds. The molecule has 1 aromatic heterocycles. The van der Waals surface area contributed by atoms with Crippen molar-refractivity contribution in [2.24, 2.45) is 5.41 Å². The van der Waals surface area contributed by atoms with E-state index in [-0.39, 0.29) is 30.7 Å². The lowest BCUT2D eigenvalue weighted by Crippen LogP contribution is -2.44. The first-order valence-electron chi connectivity index (χ1n) is 7.12. The zero-order valence-electron chi connectivity index (χ0n) is 12.3. The Morgan fingerprint density at radius 3 is 2.57 bits per heavy atom. The number of carbonyl (C=O) groups excluding carboxylic acids is 1. The smallest absolute Gasteiger partial charge is 0.272 e. The largest absolute Gasteiger partial charge is 0.337 e. The highest BCUT2D eigenvalue weighted by molar-refractivity contribution is 5.93. The second-order valence-corrected chi connectivity index (χ2v) is 5.89. The molecule has 0 saturated carbocycles. The lowest BCUT2D eigenvalue weighted by molar-refractivity contribution is 0.0601. The summed E-state index contributed by atoms with van der Waals surface area (Å²) in [6.45, 7) is 5.95. The number of halogens is 2. The normalized spacial score (nSPS) is 19.8. The molecule has 0 aromatic carbocycles. The van der Waals surface area contributed by atoms with Gasteiger partial charge in [-0.05, 0) is 49.8 Å². The Bertz CT molecular complexity index is 480. The minimum Gasteiger partial charge on any atom is -0.337 e. The van der Waals surface area contributed by atoms with Gasteiger partial charge >= 0.3 is 0 Å². The van der Waals surface area contributed by atoms with Crippen LogP contribution in [0, 0.1) is 12.3 Å². The van der Waals surface area contributed by atoms with Gasteiger partial charge in [0, 0.05) is 25.8 Å². The van der Waals surface area contributed by atoms with Crippen LogP contribution in [0.15, 0.2) is 18.3 Å². The van der Waals surface area contributed by atoms with E-state index in [4.69, 9.17) is 0 Å². The fourth-order valence-electron chi connectivity index (χ4n) is 3.27. The standard InChI is InChI=1S/C15H21N3O.2ClH/c1-12-3-2-7-17-13(12)14(19)18-9-5-15(6-10-18)4-8-16-11-15;;/h2-3,7,16H,4-6,8-11H2,1H3;2*1H. The van der Waals surface area contributed by atoms with E-state index in [2.05, 4.69) is 10.3 Å². The Kier molecular flexibility index (Phi) is 6.44. The number of nitrogens with zero attached hydrogens (tertiary/aromatic N) is 2. The molecule has 2 fully saturated rings. The Labute approximate surface area is 138 Å². The van der Waals surface area contributed by atoms with Gasteiger partial charge in [-0.1, -0.05) is 6.07 Å². The molecular formula is C15H23Cl2N3O. The van der Waals surface area contributed by atoms with E-state index < -0.39 is 0 Å². The summed E-state index contributed by atoms with van der Waals surface area (Å²) in [5.74, 6) is 0.0962. The van der Waals surface area contributed by atoms with Gasteiger partial charge in [0.2, 0.25) is 0 Å². The number of likely N-dealkylation sites (tertiary alicyclic amines) is 1. The van der Waals surface area contributed by atoms with Crippen LogP contribution in [0.5, 0.6) is 0 Å². The average Bonchev–Trinajstić information content (AvgIpc) is 2.88. The van der Waals surface area contributed by atoms with Crippen molar-refractivity contribution in [2.75, 3.05) is 26.2 Å². The van der Waals surface area contributed by atoms with E-state index in [0.29, 0.717) is 11.1 Å². The van der Waals surface area contributed by atoms with Crippen LogP contribution >= 0.6 is 24.8 Å². The number of hydrogen-bond acceptors (Lipinski definition) is 3. The summed E-state index contributed by atoms with van der Waals surface area (Å²) in [7, 11) is 0. The van der Waals surface area contributed by atoms with Gasteiger partial charge in [-0.15, -0.1) is 24.8 Å². The van der Waals surface area contributed by atoms with Crippen LogP contribution in [0.3, 0.4) is 0 Å². The molecule has 0 atom stereocenters. The summed E-state index contributed by atoms with van der Waals surface area (Å²) in [5, 5.41) is 3.45. The predicted molar refractivity (Wildman–Crippen MR) is 88.5 cm³/mol. The van der Waals surface area contributed by atoms with Crippen molar-refractivity contribution in [1.82, 2.24) is 15.2 Å². The van der Waals surface area contributed by atoms with Crippen molar-refractivity contribution in [3.05, 3.63) is 29.6 Å². The monoisotopic (exact) mass is 331 g/mol. The highest BCUT2D eigenvalue weighted by Gasteiger charge is 2.38. The van der Waals surface area contributed by atoms with E-state index in [1.54, 1.807) is 6.20 Å². The number of pyridine rings is 1. The van der Waals surface area contributed by atoms with Gasteiger partial charge in [-0.3, -0.25) is 9.78 Å². The molecule has 3 rings (SSSR count). The van der Waals surface area contributed by atoms with Crippen LogP contribution in [0.1, 0.15) is 35.3 Å². The number of piperidine rings is 1. The number of hydrogen-bond donors (Lipinski definition) is 1. The van der Waals surface area contributed by atoms with Gasteiger partial charge in [-0.2, -0.15) is 0 Å². The summed E-state index contributed by atoms with van der Waals surface area (Å²) < 4.78 is 0. The van der Waals surface area contributed by atoms with Crippen LogP contribution in [0.25, 0.3) is 0 Å². The third kappa shape index (κ3) is 3.68. The van der Waals surface area contributed by atoms with Gasteiger partial charge in [0.15, 0.2) is 0 Å². The molecule has 3 heterocycles. The molecule has 6 heteroatoms. The van der Waals surface area contributed by atoms with Crippen molar-refractivity contribution in [3.63, 3.8) is 0 Å². The molecular weight excluding hydrogens is 309 g/mol. The van der Waals surface area contributed by atoms with Crippen LogP contribution in [-0.2, 0) is 0 Å². The summed E-state index contributed by atoms with van der Waals surface area (Å²) in [6.07, 6.45) is 5.21. The number of aromatic nitrogens is 1. The topological polar surface area (TPSA) is 45.2 Å². The van der Waals surface area contributed by atoms with E-state index in [1.807, 2.05) is 24.0 Å². The molecule has 0 radical (unpaired) electrons. The molecule has 4 nitrogen and oxygen atoms in total. The van der Waals surface area contributed by atoms with Gasteiger partial charge in [-0.25, -0.2) is 0 Å². The minimum atomic E-state index is 0. The molecule has 2 aliphatic heterocycles. The highest BCUT2D eigenvalue weighted by atomic mass is 35.5. The molecule has 0 aliphatic carbocycles. The summed E-state index contributed by atoms with van der Waals surface area (Å²) >= 11 is 0. The number of rotatable bonds is 1. The van der Waals surface area contributed by atoms with Crippen molar-refractivity contribution in [1.29, 1.82) is 0 Å². The van der Waals surface area contributed by atoms with Gasteiger partial charge in [0.05, 0.1) is 0 Å². The van der Waals surface area contributed by atoms with Gasteiger partial charge in [0.25, 0.3) is 5.91 Å². The first kappa shape index (κ1) is 18.2. The zero-order valence-corrected chi connectivity index (χ0v) is 13.9.